The molecule has 1 unspecified atom stereocenters. The Hall–Kier alpha value is -0.190. The Kier molecular flexibility index (Phi) is 3.94. The van der Waals surface area contributed by atoms with E-state index in [-0.39, 0.29) is 0 Å². The Labute approximate surface area is 102 Å². The molecule has 0 spiro atoms. The van der Waals surface area contributed by atoms with Crippen LogP contribution >= 0.6 is 15.9 Å². The lowest BCUT2D eigenvalue weighted by Crippen LogP contribution is -2.34. The predicted octanol–water partition coefficient (Wildman–Crippen LogP) is 1.84. The number of hydrogen-bond acceptors (Lipinski definition) is 2. The van der Waals surface area contributed by atoms with Crippen LogP contribution in [0, 0.1) is 11.8 Å². The van der Waals surface area contributed by atoms with Crippen molar-refractivity contribution in [2.45, 2.75) is 12.8 Å². The zero-order valence-electron chi connectivity index (χ0n) is 8.41. The Morgan fingerprint density at radius 2 is 2.13 bits per heavy atom. The molecule has 0 aromatic rings. The van der Waals surface area contributed by atoms with Gasteiger partial charge in [-0.2, -0.15) is 0 Å². The van der Waals surface area contributed by atoms with Crippen molar-refractivity contribution in [2.75, 3.05) is 13.1 Å². The molecule has 4 heteroatoms. The molecular weight excluding hydrogens is 274 g/mol. The van der Waals surface area contributed by atoms with Gasteiger partial charge in [0.2, 0.25) is 0 Å². The number of allylic oxidation sites excluding steroid dienone is 4. The first-order valence-corrected chi connectivity index (χ1v) is 6.77. The zero-order valence-corrected chi connectivity index (χ0v) is 10.8. The van der Waals surface area contributed by atoms with Crippen molar-refractivity contribution < 1.29 is 4.21 Å². The molecule has 15 heavy (non-hydrogen) atoms. The second-order valence-electron chi connectivity index (χ2n) is 3.99. The van der Waals surface area contributed by atoms with Gasteiger partial charge < -0.3 is 5.32 Å². The monoisotopic (exact) mass is 287 g/mol. The maximum Gasteiger partial charge on any atom is 0.0927 e. The highest BCUT2D eigenvalue weighted by Gasteiger charge is 2.26. The maximum absolute atomic E-state index is 11.0. The van der Waals surface area contributed by atoms with E-state index in [0.29, 0.717) is 23.1 Å². The van der Waals surface area contributed by atoms with E-state index in [2.05, 4.69) is 33.4 Å². The molecule has 2 aliphatic rings. The molecule has 0 aromatic carbocycles. The summed E-state index contributed by atoms with van der Waals surface area (Å²) in [6.45, 7) is 2.16. The Balaban J connectivity index is 2.15. The van der Waals surface area contributed by atoms with Gasteiger partial charge in [-0.25, -0.2) is 4.21 Å². The molecule has 1 heterocycles. The summed E-state index contributed by atoms with van der Waals surface area (Å²) in [7, 11) is 0. The van der Waals surface area contributed by atoms with Crippen molar-refractivity contribution in [1.82, 2.24) is 5.32 Å². The predicted molar refractivity (Wildman–Crippen MR) is 68.4 cm³/mol. The highest BCUT2D eigenvalue weighted by molar-refractivity contribution is 9.11. The van der Waals surface area contributed by atoms with Gasteiger partial charge in [0.1, 0.15) is 0 Å². The molecule has 0 aromatic heterocycles. The van der Waals surface area contributed by atoms with Gasteiger partial charge in [0, 0.05) is 10.4 Å². The van der Waals surface area contributed by atoms with Gasteiger partial charge in [-0.1, -0.05) is 28.1 Å². The van der Waals surface area contributed by atoms with Gasteiger partial charge in [0.05, 0.1) is 16.1 Å². The van der Waals surface area contributed by atoms with E-state index in [9.17, 15) is 4.21 Å². The van der Waals surface area contributed by atoms with Crippen LogP contribution < -0.4 is 5.32 Å². The van der Waals surface area contributed by atoms with Crippen molar-refractivity contribution in [1.29, 1.82) is 0 Å². The minimum atomic E-state index is 0.343. The van der Waals surface area contributed by atoms with E-state index >= 15 is 0 Å². The Morgan fingerprint density at radius 3 is 2.80 bits per heavy atom. The fourth-order valence-electron chi connectivity index (χ4n) is 2.24. The minimum Gasteiger partial charge on any atom is -0.317 e. The summed E-state index contributed by atoms with van der Waals surface area (Å²) >= 11 is 4.05. The minimum absolute atomic E-state index is 0.343. The van der Waals surface area contributed by atoms with Gasteiger partial charge in [-0.3, -0.25) is 0 Å². The van der Waals surface area contributed by atoms with Gasteiger partial charge in [0.15, 0.2) is 0 Å². The van der Waals surface area contributed by atoms with Crippen LogP contribution in [-0.2, 0) is 11.3 Å². The lowest BCUT2D eigenvalue weighted by molar-refractivity contribution is 0.345. The van der Waals surface area contributed by atoms with Crippen molar-refractivity contribution in [3.63, 3.8) is 0 Å². The third-order valence-corrected chi connectivity index (χ3v) is 4.14. The lowest BCUT2D eigenvalue weighted by Gasteiger charge is -2.29. The van der Waals surface area contributed by atoms with E-state index in [1.54, 1.807) is 0 Å². The van der Waals surface area contributed by atoms with E-state index < -0.39 is 0 Å². The topological polar surface area (TPSA) is 29.1 Å². The average Bonchev–Trinajstić information content (AvgIpc) is 2.30. The van der Waals surface area contributed by atoms with Gasteiger partial charge in [-0.15, -0.1) is 0 Å². The third-order valence-electron chi connectivity index (χ3n) is 3.06. The number of rotatable bonds is 1. The third kappa shape index (κ3) is 2.68. The van der Waals surface area contributed by atoms with Gasteiger partial charge in [0.25, 0.3) is 0 Å². The number of halogens is 1. The number of hydrogen-bond donors (Lipinski definition) is 1. The first kappa shape index (κ1) is 11.3. The first-order valence-electron chi connectivity index (χ1n) is 5.24. The van der Waals surface area contributed by atoms with Crippen molar-refractivity contribution in [3.8, 4) is 0 Å². The van der Waals surface area contributed by atoms with Crippen LogP contribution in [0.2, 0.25) is 0 Å². The Morgan fingerprint density at radius 1 is 1.40 bits per heavy atom. The molecule has 1 saturated heterocycles. The smallest absolute Gasteiger partial charge is 0.0927 e. The summed E-state index contributed by atoms with van der Waals surface area (Å²) in [4.78, 5) is 0.955. The Bertz CT molecular complexity index is 352. The fraction of sp³-hybridized carbons (Fsp3) is 0.545. The van der Waals surface area contributed by atoms with E-state index in [1.165, 1.54) is 12.8 Å². The first-order chi connectivity index (χ1) is 7.31. The number of piperidine rings is 1. The molecule has 82 valence electrons. The summed E-state index contributed by atoms with van der Waals surface area (Å²) in [5, 5.41) is 3.35. The second-order valence-corrected chi connectivity index (χ2v) is 5.54. The largest absolute Gasteiger partial charge is 0.317 e. The van der Waals surface area contributed by atoms with Crippen LogP contribution in [-0.4, -0.2) is 22.2 Å². The van der Waals surface area contributed by atoms with E-state index in [0.717, 1.165) is 22.4 Å². The van der Waals surface area contributed by atoms with Gasteiger partial charge >= 0.3 is 0 Å². The molecule has 1 fully saturated rings. The molecule has 0 bridgehead atoms. The van der Waals surface area contributed by atoms with Crippen LogP contribution in [0.5, 0.6) is 0 Å². The summed E-state index contributed by atoms with van der Waals surface area (Å²) in [6, 6.07) is 0. The normalized spacial score (nSPS) is 27.7. The zero-order chi connectivity index (χ0) is 10.7. The van der Waals surface area contributed by atoms with Gasteiger partial charge in [-0.05, 0) is 37.9 Å². The number of nitrogens with one attached hydrogen (secondary N) is 1. The lowest BCUT2D eigenvalue weighted by atomic mass is 9.81. The molecule has 0 amide bonds. The molecule has 1 aliphatic heterocycles. The molecule has 2 nitrogen and oxygen atoms in total. The SMILES string of the molecule is O=S=C1C=C(Br)C=CC1C1CCNCC1. The van der Waals surface area contributed by atoms with Crippen LogP contribution in [0.15, 0.2) is 22.7 Å². The van der Waals surface area contributed by atoms with Crippen LogP contribution in [0.1, 0.15) is 12.8 Å². The molecule has 2 rings (SSSR count). The summed E-state index contributed by atoms with van der Waals surface area (Å²) < 4.78 is 12.1. The average molecular weight is 288 g/mol. The van der Waals surface area contributed by atoms with Crippen molar-refractivity contribution in [2.24, 2.45) is 11.8 Å². The fourth-order valence-corrected chi connectivity index (χ4v) is 3.35. The van der Waals surface area contributed by atoms with Crippen LogP contribution in [0.3, 0.4) is 0 Å². The van der Waals surface area contributed by atoms with Crippen molar-refractivity contribution in [3.05, 3.63) is 22.7 Å². The summed E-state index contributed by atoms with van der Waals surface area (Å²) in [5.41, 5.74) is 0. The van der Waals surface area contributed by atoms with Crippen molar-refractivity contribution >= 4 is 32.1 Å². The molecule has 0 saturated carbocycles. The molecule has 1 aliphatic carbocycles. The molecule has 0 radical (unpaired) electrons. The molecule has 1 N–H and O–H groups in total. The standard InChI is InChI=1S/C11H14BrNOS/c12-9-1-2-10(11(7-9)15-14)8-3-5-13-6-4-8/h1-2,7-8,10,13H,3-6H2. The highest BCUT2D eigenvalue weighted by atomic mass is 79.9. The maximum atomic E-state index is 11.0. The molecule has 1 atom stereocenters. The summed E-state index contributed by atoms with van der Waals surface area (Å²) in [5.74, 6) is 0.978. The van der Waals surface area contributed by atoms with Crippen LogP contribution in [0.25, 0.3) is 0 Å². The van der Waals surface area contributed by atoms with E-state index in [4.69, 9.17) is 0 Å². The molecular formula is C11H14BrNOS. The quantitative estimate of drug-likeness (QED) is 0.746. The summed E-state index contributed by atoms with van der Waals surface area (Å²) in [6.07, 6.45) is 8.53. The van der Waals surface area contributed by atoms with Crippen LogP contribution in [0.4, 0.5) is 0 Å². The second kappa shape index (κ2) is 5.23. The van der Waals surface area contributed by atoms with E-state index in [1.807, 2.05) is 6.08 Å². The highest BCUT2D eigenvalue weighted by Crippen LogP contribution is 2.29.